The van der Waals surface area contributed by atoms with E-state index in [4.69, 9.17) is 4.42 Å². The largest absolute Gasteiger partial charge is 0.465 e. The number of fused-ring (bicyclic) bond motifs is 1. The van der Waals surface area contributed by atoms with Gasteiger partial charge in [0, 0.05) is 18.3 Å². The Morgan fingerprint density at radius 2 is 1.92 bits per heavy atom. The lowest BCUT2D eigenvalue weighted by Gasteiger charge is -2.23. The van der Waals surface area contributed by atoms with E-state index in [0.717, 1.165) is 29.4 Å². The highest BCUT2D eigenvalue weighted by atomic mass is 32.2. The lowest BCUT2D eigenvalue weighted by atomic mass is 10.2. The van der Waals surface area contributed by atoms with E-state index >= 15 is 0 Å². The van der Waals surface area contributed by atoms with Crippen LogP contribution >= 0.6 is 11.8 Å². The molecule has 0 fully saturated rings. The molecule has 0 aliphatic carbocycles. The SMILES string of the molecule is CC(SC1=NC(=Cc2ccco2)C(=O)N1c1ccc(OC(F)F)cc1)C(=O)N1CCc2ccccc21. The number of hydrogen-bond donors (Lipinski definition) is 0. The van der Waals surface area contributed by atoms with Crippen LogP contribution in [0.4, 0.5) is 20.2 Å². The number of ether oxygens (including phenoxy) is 1. The van der Waals surface area contributed by atoms with Crippen molar-refractivity contribution in [2.75, 3.05) is 16.3 Å². The molecule has 2 aliphatic heterocycles. The molecule has 10 heteroatoms. The summed E-state index contributed by atoms with van der Waals surface area (Å²) < 4.78 is 34.8. The molecule has 1 atom stereocenters. The predicted octanol–water partition coefficient (Wildman–Crippen LogP) is 5.34. The summed E-state index contributed by atoms with van der Waals surface area (Å²) in [7, 11) is 0. The highest BCUT2D eigenvalue weighted by Gasteiger charge is 2.36. The monoisotopic (exact) mass is 509 g/mol. The first-order valence-corrected chi connectivity index (χ1v) is 12.1. The number of furan rings is 1. The molecule has 7 nitrogen and oxygen atoms in total. The summed E-state index contributed by atoms with van der Waals surface area (Å²) in [5.41, 5.74) is 2.55. The van der Waals surface area contributed by atoms with Gasteiger partial charge in [0.05, 0.1) is 17.2 Å². The summed E-state index contributed by atoms with van der Waals surface area (Å²) in [4.78, 5) is 34.3. The van der Waals surface area contributed by atoms with Gasteiger partial charge in [-0.3, -0.25) is 14.5 Å². The van der Waals surface area contributed by atoms with Crippen molar-refractivity contribution in [3.05, 3.63) is 83.9 Å². The zero-order valence-electron chi connectivity index (χ0n) is 19.1. The quantitative estimate of drug-likeness (QED) is 0.420. The molecule has 1 unspecified atom stereocenters. The van der Waals surface area contributed by atoms with Gasteiger partial charge in [-0.2, -0.15) is 8.78 Å². The molecule has 5 rings (SSSR count). The number of carbonyl (C=O) groups excluding carboxylic acids is 2. The maximum atomic E-state index is 13.3. The van der Waals surface area contributed by atoms with Crippen LogP contribution < -0.4 is 14.5 Å². The molecule has 0 saturated heterocycles. The van der Waals surface area contributed by atoms with Crippen molar-refractivity contribution in [3.8, 4) is 5.75 Å². The zero-order valence-corrected chi connectivity index (χ0v) is 20.0. The van der Waals surface area contributed by atoms with Crippen molar-refractivity contribution in [1.82, 2.24) is 0 Å². The molecule has 0 N–H and O–H groups in total. The van der Waals surface area contributed by atoms with E-state index < -0.39 is 17.8 Å². The third-order valence-corrected chi connectivity index (χ3v) is 6.79. The fourth-order valence-electron chi connectivity index (χ4n) is 4.08. The van der Waals surface area contributed by atoms with Gasteiger partial charge < -0.3 is 14.1 Å². The van der Waals surface area contributed by atoms with Crippen LogP contribution in [0.5, 0.6) is 5.75 Å². The molecular formula is C26H21F2N3O4S. The van der Waals surface area contributed by atoms with E-state index in [1.54, 1.807) is 24.0 Å². The minimum atomic E-state index is -2.96. The molecule has 3 aromatic rings. The van der Waals surface area contributed by atoms with Crippen molar-refractivity contribution in [1.29, 1.82) is 0 Å². The van der Waals surface area contributed by atoms with Crippen molar-refractivity contribution in [3.63, 3.8) is 0 Å². The second-order valence-electron chi connectivity index (χ2n) is 8.08. The normalized spacial score (nSPS) is 17.1. The third kappa shape index (κ3) is 4.76. The number of benzene rings is 2. The van der Waals surface area contributed by atoms with E-state index in [-0.39, 0.29) is 17.4 Å². The summed E-state index contributed by atoms with van der Waals surface area (Å²) in [5.74, 6) is -0.104. The summed E-state index contributed by atoms with van der Waals surface area (Å²) >= 11 is 1.16. The van der Waals surface area contributed by atoms with Crippen LogP contribution in [0.15, 0.2) is 82.0 Å². The van der Waals surface area contributed by atoms with Crippen LogP contribution in [0.2, 0.25) is 0 Å². The Kier molecular flexibility index (Phi) is 6.60. The Bertz CT molecular complexity index is 1340. The molecule has 184 valence electrons. The molecule has 0 radical (unpaired) electrons. The number of amidine groups is 1. The first-order valence-electron chi connectivity index (χ1n) is 11.2. The zero-order chi connectivity index (χ0) is 25.2. The van der Waals surface area contributed by atoms with Crippen molar-refractivity contribution >= 4 is 46.2 Å². The van der Waals surface area contributed by atoms with Crippen molar-refractivity contribution in [2.24, 2.45) is 4.99 Å². The van der Waals surface area contributed by atoms with Gasteiger partial charge in [0.1, 0.15) is 17.2 Å². The Morgan fingerprint density at radius 1 is 1.14 bits per heavy atom. The van der Waals surface area contributed by atoms with Crippen LogP contribution in [-0.2, 0) is 16.0 Å². The molecule has 1 aromatic heterocycles. The molecule has 0 saturated carbocycles. The van der Waals surface area contributed by atoms with Crippen molar-refractivity contribution < 1.29 is 27.5 Å². The number of anilines is 2. The van der Waals surface area contributed by atoms with Gasteiger partial charge in [0.2, 0.25) is 5.91 Å². The van der Waals surface area contributed by atoms with Gasteiger partial charge in [-0.1, -0.05) is 30.0 Å². The second-order valence-corrected chi connectivity index (χ2v) is 9.39. The summed E-state index contributed by atoms with van der Waals surface area (Å²) in [6, 6.07) is 16.8. The van der Waals surface area contributed by atoms with Gasteiger partial charge in [-0.05, 0) is 61.4 Å². The van der Waals surface area contributed by atoms with Crippen LogP contribution in [0.3, 0.4) is 0 Å². The van der Waals surface area contributed by atoms with E-state index in [9.17, 15) is 18.4 Å². The average Bonchev–Trinajstić information content (AvgIpc) is 3.59. The Morgan fingerprint density at radius 3 is 2.64 bits per heavy atom. The number of hydrogen-bond acceptors (Lipinski definition) is 6. The van der Waals surface area contributed by atoms with Crippen molar-refractivity contribution in [2.45, 2.75) is 25.2 Å². The molecule has 3 heterocycles. The Balaban J connectivity index is 1.42. The minimum absolute atomic E-state index is 0.0332. The minimum Gasteiger partial charge on any atom is -0.465 e. The number of nitrogens with zero attached hydrogens (tertiary/aromatic N) is 3. The Hall–Kier alpha value is -3.92. The number of alkyl halides is 2. The topological polar surface area (TPSA) is 75.4 Å². The van der Waals surface area contributed by atoms with Gasteiger partial charge in [0.25, 0.3) is 5.91 Å². The van der Waals surface area contributed by atoms with Crippen LogP contribution in [0.25, 0.3) is 6.08 Å². The first kappa shape index (κ1) is 23.8. The van der Waals surface area contributed by atoms with Gasteiger partial charge in [0.15, 0.2) is 5.17 Å². The maximum Gasteiger partial charge on any atom is 0.387 e. The number of amides is 2. The second kappa shape index (κ2) is 9.98. The maximum absolute atomic E-state index is 13.3. The third-order valence-electron chi connectivity index (χ3n) is 5.75. The smallest absolute Gasteiger partial charge is 0.387 e. The number of carbonyl (C=O) groups is 2. The number of thioether (sulfide) groups is 1. The fourth-order valence-corrected chi connectivity index (χ4v) is 5.07. The number of para-hydroxylation sites is 1. The molecule has 2 aliphatic rings. The summed E-state index contributed by atoms with van der Waals surface area (Å²) in [6.45, 7) is -0.595. The van der Waals surface area contributed by atoms with Crippen LogP contribution in [-0.4, -0.2) is 35.4 Å². The molecule has 2 amide bonds. The Labute approximate surface area is 210 Å². The lowest BCUT2D eigenvalue weighted by Crippen LogP contribution is -2.38. The molecule has 2 aromatic carbocycles. The van der Waals surface area contributed by atoms with Crippen LogP contribution in [0.1, 0.15) is 18.2 Å². The standard InChI is InChI=1S/C26H21F2N3O4S/c1-16(23(32)30-13-12-17-5-2-3-7-22(17)30)36-26-29-21(15-20-6-4-14-34-20)24(33)31(26)18-8-10-19(11-9-18)35-25(27)28/h2-11,14-16,25H,12-13H2,1H3. The van der Waals surface area contributed by atoms with E-state index in [1.165, 1.54) is 41.5 Å². The van der Waals surface area contributed by atoms with E-state index in [0.29, 0.717) is 23.2 Å². The predicted molar refractivity (Wildman–Crippen MR) is 134 cm³/mol. The molecular weight excluding hydrogens is 488 g/mol. The average molecular weight is 510 g/mol. The van der Waals surface area contributed by atoms with Crippen LogP contribution in [0, 0.1) is 0 Å². The van der Waals surface area contributed by atoms with Gasteiger partial charge >= 0.3 is 6.61 Å². The van der Waals surface area contributed by atoms with E-state index in [2.05, 4.69) is 9.73 Å². The molecule has 36 heavy (non-hydrogen) atoms. The fraction of sp³-hybridized carbons (Fsp3) is 0.192. The number of aliphatic imine (C=N–C) groups is 1. The van der Waals surface area contributed by atoms with Gasteiger partial charge in [-0.15, -0.1) is 0 Å². The van der Waals surface area contributed by atoms with Gasteiger partial charge in [-0.25, -0.2) is 4.99 Å². The summed E-state index contributed by atoms with van der Waals surface area (Å²) in [6.07, 6.45) is 3.79. The first-order chi connectivity index (χ1) is 17.4. The molecule has 0 bridgehead atoms. The lowest BCUT2D eigenvalue weighted by molar-refractivity contribution is -0.117. The highest BCUT2D eigenvalue weighted by molar-refractivity contribution is 8.15. The number of halogens is 2. The molecule has 0 spiro atoms. The summed E-state index contributed by atoms with van der Waals surface area (Å²) in [5, 5.41) is -0.247. The highest BCUT2D eigenvalue weighted by Crippen LogP contribution is 2.34. The number of rotatable bonds is 6. The van der Waals surface area contributed by atoms with E-state index in [1.807, 2.05) is 24.3 Å².